The minimum absolute atomic E-state index is 0.141. The molecule has 18 nitrogen and oxygen atoms in total. The first-order valence-electron chi connectivity index (χ1n) is 22.7. The summed E-state index contributed by atoms with van der Waals surface area (Å²) in [7, 11) is -8.19. The Hall–Kier alpha value is -6.25. The van der Waals surface area contributed by atoms with E-state index >= 15 is 0 Å². The highest BCUT2D eigenvalue weighted by Crippen LogP contribution is 2.40. The van der Waals surface area contributed by atoms with Crippen LogP contribution in [0.2, 0.25) is 0 Å². The third-order valence-corrected chi connectivity index (χ3v) is 15.9. The average molecular weight is 937 g/mol. The van der Waals surface area contributed by atoms with Crippen molar-refractivity contribution in [3.05, 3.63) is 117 Å². The highest BCUT2D eigenvalue weighted by Gasteiger charge is 2.35. The fourth-order valence-corrected chi connectivity index (χ4v) is 11.6. The summed E-state index contributed by atoms with van der Waals surface area (Å²) in [5, 5.41) is 16.7. The van der Waals surface area contributed by atoms with Crippen molar-refractivity contribution in [2.75, 3.05) is 36.8 Å². The number of hydrogen-bond donors (Lipinski definition) is 5. The minimum atomic E-state index is -4.17. The standard InChI is InChI=1S/C27H29N5O5S.C19H23N5O3S/c33-26(28-25-22-10-4-8-19(22)14-20-9-5-11-23(20)25)30-38(35,36)24-12-13-32(29-24)21-15-31(16-21)27(34)37-17-18-6-2-1-3-7-18;25-19(23-28(26,27)17-7-8-24(22-17)14-10-20-11-14)21-18-15-5-1-3-12(15)9-13-4-2-6-16(13)18/h1-3,6-7,12-14,21H,4-5,8-11,15-17H2,(H2,28,30,33);7-9,14,20H,1-6,10-11H2,(H2,21,23,25). The van der Waals surface area contributed by atoms with Crippen molar-refractivity contribution in [2.24, 2.45) is 0 Å². The molecule has 2 aliphatic heterocycles. The van der Waals surface area contributed by atoms with Gasteiger partial charge in [-0.2, -0.15) is 27.0 Å². The quantitative estimate of drug-likeness (QED) is 0.124. The predicted molar refractivity (Wildman–Crippen MR) is 243 cm³/mol. The van der Waals surface area contributed by atoms with Crippen LogP contribution < -0.4 is 25.4 Å². The van der Waals surface area contributed by atoms with Crippen LogP contribution in [-0.2, 0) is 82.8 Å². The van der Waals surface area contributed by atoms with Crippen LogP contribution in [0.4, 0.5) is 25.8 Å². The molecular weight excluding hydrogens is 885 g/mol. The summed E-state index contributed by atoms with van der Waals surface area (Å²) in [6.07, 6.45) is 14.6. The molecule has 0 bridgehead atoms. The van der Waals surface area contributed by atoms with Gasteiger partial charge in [-0.05, 0) is 139 Å². The Labute approximate surface area is 383 Å². The van der Waals surface area contributed by atoms with E-state index < -0.39 is 38.2 Å². The highest BCUT2D eigenvalue weighted by molar-refractivity contribution is 7.90. The van der Waals surface area contributed by atoms with E-state index in [1.54, 1.807) is 17.1 Å². The number of ether oxygens (including phenoxy) is 1. The van der Waals surface area contributed by atoms with Crippen LogP contribution in [0.15, 0.2) is 77.0 Å². The zero-order chi connectivity index (χ0) is 45.6. The smallest absolute Gasteiger partial charge is 0.410 e. The molecule has 0 unspecified atom stereocenters. The van der Waals surface area contributed by atoms with Gasteiger partial charge in [-0.3, -0.25) is 9.36 Å². The van der Waals surface area contributed by atoms with Crippen LogP contribution in [0, 0.1) is 0 Å². The lowest BCUT2D eigenvalue weighted by molar-refractivity contribution is 0.0493. The average Bonchev–Trinajstić information content (AvgIpc) is 4.10. The van der Waals surface area contributed by atoms with Crippen LogP contribution in [0.3, 0.4) is 0 Å². The maximum atomic E-state index is 12.9. The van der Waals surface area contributed by atoms with Gasteiger partial charge in [0.2, 0.25) is 0 Å². The zero-order valence-electron chi connectivity index (χ0n) is 36.3. The van der Waals surface area contributed by atoms with Gasteiger partial charge in [-0.25, -0.2) is 23.8 Å². The lowest BCUT2D eigenvalue weighted by Gasteiger charge is -2.38. The Balaban J connectivity index is 0.000000162. The molecule has 11 rings (SSSR count). The molecule has 20 heteroatoms. The fourth-order valence-electron chi connectivity index (χ4n) is 9.94. The van der Waals surface area contributed by atoms with E-state index in [2.05, 4.69) is 47.7 Å². The fraction of sp³-hybridized carbons (Fsp3) is 0.413. The van der Waals surface area contributed by atoms with E-state index in [1.165, 1.54) is 44.0 Å². The van der Waals surface area contributed by atoms with Crippen LogP contribution in [-0.4, -0.2) is 85.6 Å². The molecule has 3 aromatic carbocycles. The van der Waals surface area contributed by atoms with Gasteiger partial charge in [0, 0.05) is 49.9 Å². The molecule has 2 saturated heterocycles. The molecule has 0 saturated carbocycles. The van der Waals surface area contributed by atoms with E-state index in [4.69, 9.17) is 4.74 Å². The van der Waals surface area contributed by atoms with Crippen molar-refractivity contribution in [2.45, 2.75) is 106 Å². The van der Waals surface area contributed by atoms with Crippen molar-refractivity contribution in [3.8, 4) is 0 Å². The number of benzene rings is 3. The molecule has 4 heterocycles. The Morgan fingerprint density at radius 3 is 1.47 bits per heavy atom. The van der Waals surface area contributed by atoms with Crippen LogP contribution >= 0.6 is 0 Å². The van der Waals surface area contributed by atoms with Crippen molar-refractivity contribution in [1.82, 2.24) is 39.2 Å². The number of carbonyl (C=O) groups is 3. The van der Waals surface area contributed by atoms with E-state index in [1.807, 2.05) is 30.3 Å². The predicted octanol–water partition coefficient (Wildman–Crippen LogP) is 5.08. The second-order valence-electron chi connectivity index (χ2n) is 17.8. The van der Waals surface area contributed by atoms with Gasteiger partial charge in [-0.15, -0.1) is 0 Å². The maximum absolute atomic E-state index is 12.9. The number of aromatic nitrogens is 4. The SMILES string of the molecule is O=C(Nc1c2c(cc3c1CCC3)CCC2)NS(=O)(=O)c1ccn(C2CN(C(=O)OCc3ccccc3)C2)n1.O=C(Nc1c2c(cc3c1CCC3)CCC2)NS(=O)(=O)c1ccn(C2CNC2)n1. The maximum Gasteiger partial charge on any atom is 0.410 e. The first-order valence-corrected chi connectivity index (χ1v) is 25.6. The lowest BCUT2D eigenvalue weighted by Crippen LogP contribution is -2.51. The van der Waals surface area contributed by atoms with Gasteiger partial charge < -0.3 is 25.6 Å². The summed E-state index contributed by atoms with van der Waals surface area (Å²) in [6, 6.07) is 15.2. The molecule has 5 N–H and O–H groups in total. The Morgan fingerprint density at radius 1 is 0.606 bits per heavy atom. The van der Waals surface area contributed by atoms with Crippen molar-refractivity contribution in [1.29, 1.82) is 0 Å². The molecule has 5 aromatic rings. The van der Waals surface area contributed by atoms with Gasteiger partial charge in [0.25, 0.3) is 20.0 Å². The molecule has 0 spiro atoms. The molecule has 2 aromatic heterocycles. The normalized spacial score (nSPS) is 17.3. The molecule has 66 heavy (non-hydrogen) atoms. The number of urea groups is 2. The molecular formula is C46H52N10O8S2. The number of amides is 5. The van der Waals surface area contributed by atoms with Crippen molar-refractivity contribution >= 4 is 49.6 Å². The summed E-state index contributed by atoms with van der Waals surface area (Å²) in [5.41, 5.74) is 12.1. The summed E-state index contributed by atoms with van der Waals surface area (Å²) in [5.74, 6) is 0. The number of fused-ring (bicyclic) bond motifs is 4. The molecule has 0 atom stereocenters. The Bertz CT molecular complexity index is 2880. The van der Waals surface area contributed by atoms with Gasteiger partial charge >= 0.3 is 18.2 Å². The second-order valence-corrected chi connectivity index (χ2v) is 21.0. The molecule has 346 valence electrons. The minimum Gasteiger partial charge on any atom is -0.445 e. The number of nitrogens with one attached hydrogen (secondary N) is 5. The summed E-state index contributed by atoms with van der Waals surface area (Å²) < 4.78 is 63.7. The van der Waals surface area contributed by atoms with Gasteiger partial charge in [0.15, 0.2) is 10.1 Å². The number of hydrogen-bond acceptors (Lipinski definition) is 11. The second kappa shape index (κ2) is 17.9. The van der Waals surface area contributed by atoms with E-state index in [0.29, 0.717) is 13.1 Å². The Kier molecular flexibility index (Phi) is 11.8. The van der Waals surface area contributed by atoms with E-state index in [0.717, 1.165) is 129 Å². The number of carbonyl (C=O) groups excluding carboxylic acids is 3. The van der Waals surface area contributed by atoms with Crippen LogP contribution in [0.1, 0.15) is 87.8 Å². The zero-order valence-corrected chi connectivity index (χ0v) is 38.0. The Morgan fingerprint density at radius 2 is 1.05 bits per heavy atom. The first kappa shape index (κ1) is 43.6. The van der Waals surface area contributed by atoms with Crippen molar-refractivity contribution in [3.63, 3.8) is 0 Å². The van der Waals surface area contributed by atoms with Crippen molar-refractivity contribution < 1.29 is 36.0 Å². The number of likely N-dealkylation sites (tertiary alicyclic amines) is 1. The number of sulfonamides is 2. The van der Waals surface area contributed by atoms with E-state index in [-0.39, 0.29) is 28.7 Å². The third-order valence-electron chi connectivity index (χ3n) is 13.4. The largest absolute Gasteiger partial charge is 0.445 e. The van der Waals surface area contributed by atoms with Gasteiger partial charge in [0.1, 0.15) is 6.61 Å². The molecule has 5 amide bonds. The van der Waals surface area contributed by atoms with Gasteiger partial charge in [0.05, 0.1) is 12.1 Å². The highest BCUT2D eigenvalue weighted by atomic mass is 32.2. The summed E-state index contributed by atoms with van der Waals surface area (Å²) in [6.45, 7) is 2.42. The lowest BCUT2D eigenvalue weighted by atomic mass is 9.99. The van der Waals surface area contributed by atoms with E-state index in [9.17, 15) is 31.2 Å². The van der Waals surface area contributed by atoms with Crippen LogP contribution in [0.5, 0.6) is 0 Å². The number of anilines is 2. The summed E-state index contributed by atoms with van der Waals surface area (Å²) >= 11 is 0. The first-order chi connectivity index (χ1) is 31.9. The number of nitrogens with zero attached hydrogens (tertiary/aromatic N) is 5. The number of rotatable bonds is 10. The number of aryl methyl sites for hydroxylation is 4. The molecule has 2 fully saturated rings. The summed E-state index contributed by atoms with van der Waals surface area (Å²) in [4.78, 5) is 39.2. The molecule has 4 aliphatic carbocycles. The monoisotopic (exact) mass is 936 g/mol. The molecule has 0 radical (unpaired) electrons. The molecule has 6 aliphatic rings. The van der Waals surface area contributed by atoms with Gasteiger partial charge in [-0.1, -0.05) is 42.5 Å². The topological polar surface area (TPSA) is 228 Å². The third kappa shape index (κ3) is 8.88. The van der Waals surface area contributed by atoms with Crippen LogP contribution in [0.25, 0.3) is 0 Å².